The highest BCUT2D eigenvalue weighted by molar-refractivity contribution is 6.03. The monoisotopic (exact) mass is 376 g/mol. The molecule has 0 saturated carbocycles. The molecule has 0 aliphatic rings. The molecule has 0 fully saturated rings. The zero-order valence-corrected chi connectivity index (χ0v) is 16.1. The van der Waals surface area contributed by atoms with Crippen LogP contribution in [0.5, 0.6) is 5.75 Å². The van der Waals surface area contributed by atoms with Crippen molar-refractivity contribution in [3.05, 3.63) is 77.7 Å². The highest BCUT2D eigenvalue weighted by Crippen LogP contribution is 2.16. The standard InChI is InChI=1S/C22H24N4O2/c1-3-17-8-4-5-10-19(17)26-22(27)20-14-25-21(15-24-20)23-12-11-16-7-6-9-18(13-16)28-2/h4-10,13-15H,3,11-12H2,1-2H3,(H,23,25)(H,26,27). The highest BCUT2D eigenvalue weighted by Gasteiger charge is 2.10. The van der Waals surface area contributed by atoms with Gasteiger partial charge < -0.3 is 15.4 Å². The van der Waals surface area contributed by atoms with E-state index in [9.17, 15) is 4.79 Å². The second-order valence-corrected chi connectivity index (χ2v) is 6.28. The maximum absolute atomic E-state index is 12.4. The van der Waals surface area contributed by atoms with E-state index in [0.717, 1.165) is 29.8 Å². The van der Waals surface area contributed by atoms with Crippen molar-refractivity contribution in [1.82, 2.24) is 9.97 Å². The zero-order chi connectivity index (χ0) is 19.8. The van der Waals surface area contributed by atoms with Gasteiger partial charge in [0.25, 0.3) is 5.91 Å². The molecule has 0 saturated heterocycles. The van der Waals surface area contributed by atoms with Crippen molar-refractivity contribution in [3.63, 3.8) is 0 Å². The molecule has 144 valence electrons. The van der Waals surface area contributed by atoms with Gasteiger partial charge in [-0.2, -0.15) is 0 Å². The molecule has 2 aromatic carbocycles. The van der Waals surface area contributed by atoms with E-state index in [1.165, 1.54) is 11.8 Å². The Morgan fingerprint density at radius 2 is 1.93 bits per heavy atom. The Balaban J connectivity index is 1.54. The Bertz CT molecular complexity index is 926. The van der Waals surface area contributed by atoms with Crippen LogP contribution < -0.4 is 15.4 Å². The van der Waals surface area contributed by atoms with Crippen LogP contribution in [0.2, 0.25) is 0 Å². The van der Waals surface area contributed by atoms with E-state index in [1.54, 1.807) is 13.3 Å². The molecule has 1 heterocycles. The minimum absolute atomic E-state index is 0.267. The summed E-state index contributed by atoms with van der Waals surface area (Å²) < 4.78 is 5.23. The fourth-order valence-corrected chi connectivity index (χ4v) is 2.84. The minimum atomic E-state index is -0.267. The predicted octanol–water partition coefficient (Wildman–Crippen LogP) is 3.95. The number of benzene rings is 2. The first-order valence-electron chi connectivity index (χ1n) is 9.27. The average Bonchev–Trinajstić information content (AvgIpc) is 2.74. The van der Waals surface area contributed by atoms with Crippen molar-refractivity contribution >= 4 is 17.4 Å². The topological polar surface area (TPSA) is 76.1 Å². The maximum Gasteiger partial charge on any atom is 0.275 e. The van der Waals surface area contributed by atoms with Crippen molar-refractivity contribution in [2.24, 2.45) is 0 Å². The van der Waals surface area contributed by atoms with Crippen LogP contribution >= 0.6 is 0 Å². The SMILES string of the molecule is CCc1ccccc1NC(=O)c1cnc(NCCc2cccc(OC)c2)cn1. The molecule has 6 heteroatoms. The lowest BCUT2D eigenvalue weighted by Crippen LogP contribution is -2.16. The molecule has 3 rings (SSSR count). The van der Waals surface area contributed by atoms with Gasteiger partial charge in [0, 0.05) is 12.2 Å². The number of ether oxygens (including phenoxy) is 1. The molecule has 3 aromatic rings. The van der Waals surface area contributed by atoms with Gasteiger partial charge in [0.05, 0.1) is 19.5 Å². The van der Waals surface area contributed by atoms with Gasteiger partial charge in [-0.15, -0.1) is 0 Å². The molecule has 6 nitrogen and oxygen atoms in total. The van der Waals surface area contributed by atoms with Gasteiger partial charge in [-0.25, -0.2) is 9.97 Å². The van der Waals surface area contributed by atoms with Gasteiger partial charge >= 0.3 is 0 Å². The van der Waals surface area contributed by atoms with E-state index in [4.69, 9.17) is 4.74 Å². The van der Waals surface area contributed by atoms with Crippen molar-refractivity contribution in [2.75, 3.05) is 24.3 Å². The van der Waals surface area contributed by atoms with E-state index < -0.39 is 0 Å². The smallest absolute Gasteiger partial charge is 0.275 e. The van der Waals surface area contributed by atoms with E-state index in [1.807, 2.05) is 42.5 Å². The van der Waals surface area contributed by atoms with Crippen LogP contribution in [0.15, 0.2) is 60.9 Å². The average molecular weight is 376 g/mol. The normalized spacial score (nSPS) is 10.4. The summed E-state index contributed by atoms with van der Waals surface area (Å²) in [5.41, 5.74) is 3.34. The van der Waals surface area contributed by atoms with Gasteiger partial charge in [0.2, 0.25) is 0 Å². The van der Waals surface area contributed by atoms with Gasteiger partial charge in [-0.1, -0.05) is 37.3 Å². The van der Waals surface area contributed by atoms with E-state index >= 15 is 0 Å². The van der Waals surface area contributed by atoms with Crippen molar-refractivity contribution in [1.29, 1.82) is 0 Å². The summed E-state index contributed by atoms with van der Waals surface area (Å²) in [4.78, 5) is 20.9. The first-order chi connectivity index (χ1) is 13.7. The van der Waals surface area contributed by atoms with Gasteiger partial charge in [0.1, 0.15) is 17.3 Å². The molecule has 0 bridgehead atoms. The van der Waals surface area contributed by atoms with Crippen LogP contribution in [0.25, 0.3) is 0 Å². The molecule has 0 atom stereocenters. The molecule has 2 N–H and O–H groups in total. The summed E-state index contributed by atoms with van der Waals surface area (Å²) in [6.07, 6.45) is 4.73. The van der Waals surface area contributed by atoms with E-state index in [2.05, 4.69) is 33.6 Å². The van der Waals surface area contributed by atoms with Crippen LogP contribution in [-0.2, 0) is 12.8 Å². The lowest BCUT2D eigenvalue weighted by molar-refractivity contribution is 0.102. The maximum atomic E-state index is 12.4. The minimum Gasteiger partial charge on any atom is -0.497 e. The number of hydrogen-bond donors (Lipinski definition) is 2. The zero-order valence-electron chi connectivity index (χ0n) is 16.1. The fourth-order valence-electron chi connectivity index (χ4n) is 2.84. The summed E-state index contributed by atoms with van der Waals surface area (Å²) in [5.74, 6) is 1.21. The molecule has 0 radical (unpaired) electrons. The number of nitrogens with one attached hydrogen (secondary N) is 2. The third-order valence-corrected chi connectivity index (χ3v) is 4.38. The molecular formula is C22H24N4O2. The largest absolute Gasteiger partial charge is 0.497 e. The second kappa shape index (κ2) is 9.50. The molecule has 0 unspecified atom stereocenters. The first kappa shape index (κ1) is 19.4. The van der Waals surface area contributed by atoms with Crippen LogP contribution in [0, 0.1) is 0 Å². The van der Waals surface area contributed by atoms with Crippen LogP contribution in [0.1, 0.15) is 28.5 Å². The van der Waals surface area contributed by atoms with E-state index in [0.29, 0.717) is 12.4 Å². The quantitative estimate of drug-likeness (QED) is 0.622. The molecule has 0 aliphatic carbocycles. The van der Waals surface area contributed by atoms with Crippen LogP contribution in [0.4, 0.5) is 11.5 Å². The van der Waals surface area contributed by atoms with Gasteiger partial charge in [-0.3, -0.25) is 4.79 Å². The summed E-state index contributed by atoms with van der Waals surface area (Å²) in [6.45, 7) is 2.76. The van der Waals surface area contributed by atoms with E-state index in [-0.39, 0.29) is 11.6 Å². The molecule has 0 aliphatic heterocycles. The molecule has 1 amide bonds. The Labute approximate surface area is 165 Å². The predicted molar refractivity (Wildman–Crippen MR) is 111 cm³/mol. The first-order valence-corrected chi connectivity index (χ1v) is 9.27. The Morgan fingerprint density at radius 1 is 1.07 bits per heavy atom. The van der Waals surface area contributed by atoms with Crippen LogP contribution in [0.3, 0.4) is 0 Å². The number of anilines is 2. The molecule has 28 heavy (non-hydrogen) atoms. The Morgan fingerprint density at radius 3 is 2.68 bits per heavy atom. The summed E-state index contributed by atoms with van der Waals surface area (Å²) in [6, 6.07) is 15.7. The third-order valence-electron chi connectivity index (χ3n) is 4.38. The molecular weight excluding hydrogens is 352 g/mol. The molecule has 1 aromatic heterocycles. The number of rotatable bonds is 8. The lowest BCUT2D eigenvalue weighted by atomic mass is 10.1. The lowest BCUT2D eigenvalue weighted by Gasteiger charge is -2.10. The number of carbonyl (C=O) groups is 1. The van der Waals surface area contributed by atoms with Crippen molar-refractivity contribution in [3.8, 4) is 5.75 Å². The van der Waals surface area contributed by atoms with Crippen molar-refractivity contribution < 1.29 is 9.53 Å². The Kier molecular flexibility index (Phi) is 6.57. The number of nitrogens with zero attached hydrogens (tertiary/aromatic N) is 2. The number of amides is 1. The number of para-hydroxylation sites is 1. The number of methoxy groups -OCH3 is 1. The summed E-state index contributed by atoms with van der Waals surface area (Å²) >= 11 is 0. The number of hydrogen-bond acceptors (Lipinski definition) is 5. The third kappa shape index (κ3) is 5.07. The number of carbonyl (C=O) groups excluding carboxylic acids is 1. The molecule has 0 spiro atoms. The summed E-state index contributed by atoms with van der Waals surface area (Å²) in [5, 5.41) is 6.12. The number of aryl methyl sites for hydroxylation is 1. The van der Waals surface area contributed by atoms with Crippen LogP contribution in [-0.4, -0.2) is 29.5 Å². The van der Waals surface area contributed by atoms with Gasteiger partial charge in [-0.05, 0) is 42.2 Å². The Hall–Kier alpha value is -3.41. The second-order valence-electron chi connectivity index (χ2n) is 6.28. The van der Waals surface area contributed by atoms with Gasteiger partial charge in [0.15, 0.2) is 0 Å². The fraction of sp³-hybridized carbons (Fsp3) is 0.227. The highest BCUT2D eigenvalue weighted by atomic mass is 16.5. The number of aromatic nitrogens is 2. The van der Waals surface area contributed by atoms with Crippen molar-refractivity contribution in [2.45, 2.75) is 19.8 Å². The summed E-state index contributed by atoms with van der Waals surface area (Å²) in [7, 11) is 1.66.